The second-order valence-electron chi connectivity index (χ2n) is 9.20. The van der Waals surface area contributed by atoms with Crippen LogP contribution in [-0.2, 0) is 6.42 Å². The molecular formula is C25H39F. The maximum Gasteiger partial charge on any atom is 0.126 e. The molecule has 0 spiro atoms. The first-order chi connectivity index (χ1) is 12.7. The lowest BCUT2D eigenvalue weighted by Crippen LogP contribution is -2.15. The third kappa shape index (κ3) is 5.33. The van der Waals surface area contributed by atoms with Gasteiger partial charge in [-0.25, -0.2) is 4.39 Å². The molecule has 2 saturated carbocycles. The summed E-state index contributed by atoms with van der Waals surface area (Å²) in [5.74, 6) is 3.25. The molecule has 0 heterocycles. The summed E-state index contributed by atoms with van der Waals surface area (Å²) in [4.78, 5) is 0. The van der Waals surface area contributed by atoms with E-state index in [0.29, 0.717) is 5.92 Å². The molecule has 146 valence electrons. The zero-order valence-electron chi connectivity index (χ0n) is 17.1. The topological polar surface area (TPSA) is 0 Å². The van der Waals surface area contributed by atoms with Gasteiger partial charge in [0.2, 0.25) is 0 Å². The number of hydrogen-bond donors (Lipinski definition) is 0. The van der Waals surface area contributed by atoms with E-state index in [1.165, 1.54) is 82.6 Å². The Balaban J connectivity index is 1.48. The maximum absolute atomic E-state index is 14.7. The zero-order chi connectivity index (χ0) is 18.4. The van der Waals surface area contributed by atoms with Gasteiger partial charge >= 0.3 is 0 Å². The fourth-order valence-corrected chi connectivity index (χ4v) is 5.53. The van der Waals surface area contributed by atoms with Crippen LogP contribution in [0, 0.1) is 23.6 Å². The molecule has 1 aromatic rings. The van der Waals surface area contributed by atoms with E-state index in [9.17, 15) is 4.39 Å². The van der Waals surface area contributed by atoms with Gasteiger partial charge in [-0.15, -0.1) is 0 Å². The van der Waals surface area contributed by atoms with Crippen molar-refractivity contribution < 1.29 is 4.39 Å². The van der Waals surface area contributed by atoms with Crippen molar-refractivity contribution in [2.24, 2.45) is 17.8 Å². The standard InChI is InChI=1S/C25H39F/c1-3-5-20-12-15-23(16-13-20)24-17-14-22(18-25(24)26)11-10-21-8-6-19(4-2)7-9-21/h14,17-21,23H,3-13,15-16H2,1-2H3. The van der Waals surface area contributed by atoms with E-state index < -0.39 is 0 Å². The largest absolute Gasteiger partial charge is 0.207 e. The van der Waals surface area contributed by atoms with Gasteiger partial charge in [0.15, 0.2) is 0 Å². The molecule has 0 radical (unpaired) electrons. The molecule has 0 aliphatic heterocycles. The van der Waals surface area contributed by atoms with Crippen LogP contribution in [0.25, 0.3) is 0 Å². The van der Waals surface area contributed by atoms with Crippen molar-refractivity contribution in [1.82, 2.24) is 0 Å². The average molecular weight is 359 g/mol. The Morgan fingerprint density at radius 1 is 0.808 bits per heavy atom. The summed E-state index contributed by atoms with van der Waals surface area (Å²) in [7, 11) is 0. The SMILES string of the molecule is CCCC1CCC(c2ccc(CCC3CCC(CC)CC3)cc2F)CC1. The molecule has 0 unspecified atom stereocenters. The highest BCUT2D eigenvalue weighted by Crippen LogP contribution is 2.39. The normalized spacial score (nSPS) is 29.7. The molecular weight excluding hydrogens is 319 g/mol. The minimum atomic E-state index is 0.0659. The minimum Gasteiger partial charge on any atom is -0.207 e. The molecule has 2 fully saturated rings. The summed E-state index contributed by atoms with van der Waals surface area (Å²) in [6.07, 6.45) is 16.8. The van der Waals surface area contributed by atoms with Gasteiger partial charge in [-0.3, -0.25) is 0 Å². The second-order valence-corrected chi connectivity index (χ2v) is 9.20. The van der Waals surface area contributed by atoms with Crippen molar-refractivity contribution in [1.29, 1.82) is 0 Å². The van der Waals surface area contributed by atoms with Gasteiger partial charge in [0, 0.05) is 0 Å². The number of halogens is 1. The predicted molar refractivity (Wildman–Crippen MR) is 110 cm³/mol. The Morgan fingerprint density at radius 3 is 2.04 bits per heavy atom. The zero-order valence-corrected chi connectivity index (χ0v) is 17.1. The first kappa shape index (κ1) is 19.9. The van der Waals surface area contributed by atoms with Crippen LogP contribution in [0.4, 0.5) is 4.39 Å². The van der Waals surface area contributed by atoms with E-state index in [1.54, 1.807) is 0 Å². The highest BCUT2D eigenvalue weighted by atomic mass is 19.1. The minimum absolute atomic E-state index is 0.0659. The van der Waals surface area contributed by atoms with Crippen molar-refractivity contribution in [2.45, 2.75) is 103 Å². The molecule has 0 atom stereocenters. The fourth-order valence-electron chi connectivity index (χ4n) is 5.53. The molecule has 2 aliphatic carbocycles. The van der Waals surface area contributed by atoms with Crippen molar-refractivity contribution in [3.63, 3.8) is 0 Å². The summed E-state index contributed by atoms with van der Waals surface area (Å²) in [5.41, 5.74) is 2.20. The van der Waals surface area contributed by atoms with Gasteiger partial charge in [-0.1, -0.05) is 70.9 Å². The van der Waals surface area contributed by atoms with Crippen LogP contribution >= 0.6 is 0 Å². The van der Waals surface area contributed by atoms with Gasteiger partial charge in [0.1, 0.15) is 5.82 Å². The van der Waals surface area contributed by atoms with Gasteiger partial charge < -0.3 is 0 Å². The molecule has 1 heteroatoms. The average Bonchev–Trinajstić information content (AvgIpc) is 2.68. The lowest BCUT2D eigenvalue weighted by atomic mass is 9.76. The fraction of sp³-hybridized carbons (Fsp3) is 0.760. The van der Waals surface area contributed by atoms with Crippen LogP contribution in [0.3, 0.4) is 0 Å². The second kappa shape index (κ2) is 9.90. The Morgan fingerprint density at radius 2 is 1.42 bits per heavy atom. The molecule has 0 saturated heterocycles. The van der Waals surface area contributed by atoms with Crippen molar-refractivity contribution >= 4 is 0 Å². The van der Waals surface area contributed by atoms with E-state index in [0.717, 1.165) is 29.7 Å². The number of rotatable bonds is 7. The van der Waals surface area contributed by atoms with Gasteiger partial charge in [-0.2, -0.15) is 0 Å². The molecule has 3 rings (SSSR count). The quantitative estimate of drug-likeness (QED) is 0.462. The van der Waals surface area contributed by atoms with Gasteiger partial charge in [-0.05, 0) is 79.4 Å². The molecule has 2 aliphatic rings. The van der Waals surface area contributed by atoms with Crippen molar-refractivity contribution in [2.75, 3.05) is 0 Å². The summed E-state index contributed by atoms with van der Waals surface area (Å²) < 4.78 is 14.7. The smallest absolute Gasteiger partial charge is 0.126 e. The Hall–Kier alpha value is -0.850. The lowest BCUT2D eigenvalue weighted by Gasteiger charge is -2.29. The molecule has 0 bridgehead atoms. The van der Waals surface area contributed by atoms with Gasteiger partial charge in [0.05, 0.1) is 0 Å². The summed E-state index contributed by atoms with van der Waals surface area (Å²) >= 11 is 0. The number of benzene rings is 1. The molecule has 0 N–H and O–H groups in total. The van der Waals surface area contributed by atoms with E-state index in [-0.39, 0.29) is 5.82 Å². The van der Waals surface area contributed by atoms with E-state index in [2.05, 4.69) is 26.0 Å². The van der Waals surface area contributed by atoms with Crippen molar-refractivity contribution in [3.8, 4) is 0 Å². The molecule has 0 aromatic heterocycles. The van der Waals surface area contributed by atoms with Crippen LogP contribution in [0.1, 0.15) is 108 Å². The monoisotopic (exact) mass is 358 g/mol. The van der Waals surface area contributed by atoms with E-state index >= 15 is 0 Å². The first-order valence-corrected chi connectivity index (χ1v) is 11.5. The highest BCUT2D eigenvalue weighted by molar-refractivity contribution is 5.28. The van der Waals surface area contributed by atoms with Gasteiger partial charge in [0.25, 0.3) is 0 Å². The Bertz CT molecular complexity index is 533. The Kier molecular flexibility index (Phi) is 7.58. The number of hydrogen-bond acceptors (Lipinski definition) is 0. The first-order valence-electron chi connectivity index (χ1n) is 11.5. The van der Waals surface area contributed by atoms with Crippen LogP contribution in [0.2, 0.25) is 0 Å². The number of aryl methyl sites for hydroxylation is 1. The summed E-state index contributed by atoms with van der Waals surface area (Å²) in [6, 6.07) is 6.18. The van der Waals surface area contributed by atoms with Crippen LogP contribution in [0.5, 0.6) is 0 Å². The molecule has 1 aromatic carbocycles. The predicted octanol–water partition coefficient (Wildman–Crippen LogP) is 8.05. The molecule has 0 amide bonds. The van der Waals surface area contributed by atoms with Crippen molar-refractivity contribution in [3.05, 3.63) is 35.1 Å². The maximum atomic E-state index is 14.7. The molecule has 0 nitrogen and oxygen atoms in total. The van der Waals surface area contributed by atoms with Crippen LogP contribution in [0.15, 0.2) is 18.2 Å². The van der Waals surface area contributed by atoms with Crippen LogP contribution in [-0.4, -0.2) is 0 Å². The molecule has 26 heavy (non-hydrogen) atoms. The lowest BCUT2D eigenvalue weighted by molar-refractivity contribution is 0.258. The third-order valence-corrected chi connectivity index (χ3v) is 7.43. The van der Waals surface area contributed by atoms with E-state index in [1.807, 2.05) is 6.07 Å². The van der Waals surface area contributed by atoms with E-state index in [4.69, 9.17) is 0 Å². The van der Waals surface area contributed by atoms with Crippen LogP contribution < -0.4 is 0 Å². The summed E-state index contributed by atoms with van der Waals surface area (Å²) in [6.45, 7) is 4.60. The summed E-state index contributed by atoms with van der Waals surface area (Å²) in [5, 5.41) is 0. The third-order valence-electron chi connectivity index (χ3n) is 7.43. The Labute approximate surface area is 161 Å². The highest BCUT2D eigenvalue weighted by Gasteiger charge is 2.24.